The number of ether oxygens (including phenoxy) is 1. The van der Waals surface area contributed by atoms with E-state index in [1.807, 2.05) is 0 Å². The number of aromatic nitrogens is 1. The first kappa shape index (κ1) is 14.7. The van der Waals surface area contributed by atoms with E-state index in [0.717, 1.165) is 0 Å². The Balaban J connectivity index is 3.38. The average molecular weight is 420 g/mol. The Morgan fingerprint density at radius 1 is 1.65 bits per heavy atom. The molecule has 0 N–H and O–H groups in total. The monoisotopic (exact) mass is 419 g/mol. The van der Waals surface area contributed by atoms with E-state index in [9.17, 15) is 13.6 Å². The predicted molar refractivity (Wildman–Crippen MR) is 70.5 cm³/mol. The highest BCUT2D eigenvalue weighted by Gasteiger charge is 2.26. The molecule has 0 saturated heterocycles. The SMILES string of the molecule is CCOC(=O)c1c(I)cnc(CBr)c1C(F)F. The Morgan fingerprint density at radius 3 is 2.76 bits per heavy atom. The summed E-state index contributed by atoms with van der Waals surface area (Å²) in [6.45, 7) is 1.77. The number of nitrogens with zero attached hydrogens (tertiary/aromatic N) is 1. The summed E-state index contributed by atoms with van der Waals surface area (Å²) in [4.78, 5) is 15.5. The van der Waals surface area contributed by atoms with Gasteiger partial charge in [0.05, 0.1) is 23.4 Å². The molecule has 0 spiro atoms. The maximum absolute atomic E-state index is 13.0. The van der Waals surface area contributed by atoms with Gasteiger partial charge in [0, 0.05) is 15.1 Å². The minimum atomic E-state index is -2.76. The first-order chi connectivity index (χ1) is 8.02. The lowest BCUT2D eigenvalue weighted by Crippen LogP contribution is -2.13. The number of hydrogen-bond donors (Lipinski definition) is 0. The van der Waals surface area contributed by atoms with Crippen molar-refractivity contribution < 1.29 is 18.3 Å². The third-order valence-electron chi connectivity index (χ3n) is 1.98. The van der Waals surface area contributed by atoms with E-state index in [-0.39, 0.29) is 28.8 Å². The number of esters is 1. The van der Waals surface area contributed by atoms with Crippen molar-refractivity contribution in [3.8, 4) is 0 Å². The molecule has 0 fully saturated rings. The van der Waals surface area contributed by atoms with Crippen molar-refractivity contribution in [3.63, 3.8) is 0 Å². The lowest BCUT2D eigenvalue weighted by molar-refractivity contribution is 0.0513. The van der Waals surface area contributed by atoms with E-state index < -0.39 is 12.4 Å². The van der Waals surface area contributed by atoms with Gasteiger partial charge in [0.15, 0.2) is 0 Å². The summed E-state index contributed by atoms with van der Waals surface area (Å²) in [7, 11) is 0. The van der Waals surface area contributed by atoms with Crippen LogP contribution in [0.3, 0.4) is 0 Å². The molecular weight excluding hydrogens is 411 g/mol. The van der Waals surface area contributed by atoms with Gasteiger partial charge in [0.1, 0.15) is 0 Å². The second-order valence-corrected chi connectivity index (χ2v) is 4.72. The van der Waals surface area contributed by atoms with Crippen LogP contribution in [0.25, 0.3) is 0 Å². The van der Waals surface area contributed by atoms with Crippen LogP contribution in [0.1, 0.15) is 35.0 Å². The smallest absolute Gasteiger partial charge is 0.339 e. The molecule has 17 heavy (non-hydrogen) atoms. The predicted octanol–water partition coefficient (Wildman–Crippen LogP) is 3.70. The van der Waals surface area contributed by atoms with Gasteiger partial charge in [-0.15, -0.1) is 0 Å². The summed E-state index contributed by atoms with van der Waals surface area (Å²) in [5.41, 5.74) is -0.289. The molecule has 0 atom stereocenters. The molecule has 7 heteroatoms. The Kier molecular flexibility index (Phi) is 5.71. The van der Waals surface area contributed by atoms with Crippen molar-refractivity contribution in [2.24, 2.45) is 0 Å². The van der Waals surface area contributed by atoms with Crippen molar-refractivity contribution in [2.75, 3.05) is 6.61 Å². The van der Waals surface area contributed by atoms with Crippen LogP contribution in [0, 0.1) is 3.57 Å². The fraction of sp³-hybridized carbons (Fsp3) is 0.400. The minimum absolute atomic E-state index is 0.0908. The van der Waals surface area contributed by atoms with Crippen molar-refractivity contribution >= 4 is 44.5 Å². The zero-order chi connectivity index (χ0) is 13.0. The largest absolute Gasteiger partial charge is 0.462 e. The van der Waals surface area contributed by atoms with Gasteiger partial charge in [-0.2, -0.15) is 0 Å². The second-order valence-electron chi connectivity index (χ2n) is 3.00. The zero-order valence-electron chi connectivity index (χ0n) is 8.84. The number of rotatable bonds is 4. The molecule has 0 amide bonds. The summed E-state index contributed by atoms with van der Waals surface area (Å²) >= 11 is 4.87. The molecule has 0 bridgehead atoms. The maximum atomic E-state index is 13.0. The first-order valence-corrected chi connectivity index (χ1v) is 6.91. The molecule has 1 aromatic rings. The first-order valence-electron chi connectivity index (χ1n) is 4.71. The van der Waals surface area contributed by atoms with E-state index in [1.54, 1.807) is 29.5 Å². The van der Waals surface area contributed by atoms with Gasteiger partial charge in [-0.05, 0) is 29.5 Å². The summed E-state index contributed by atoms with van der Waals surface area (Å²) in [5.74, 6) is -0.739. The van der Waals surface area contributed by atoms with Gasteiger partial charge in [0.25, 0.3) is 6.43 Å². The molecule has 3 nitrogen and oxygen atoms in total. The van der Waals surface area contributed by atoms with Crippen LogP contribution < -0.4 is 0 Å². The van der Waals surface area contributed by atoms with Crippen LogP contribution in [0.15, 0.2) is 6.20 Å². The molecule has 1 aromatic heterocycles. The highest BCUT2D eigenvalue weighted by atomic mass is 127. The van der Waals surface area contributed by atoms with E-state index in [4.69, 9.17) is 4.74 Å². The van der Waals surface area contributed by atoms with Gasteiger partial charge >= 0.3 is 5.97 Å². The van der Waals surface area contributed by atoms with Crippen molar-refractivity contribution in [2.45, 2.75) is 18.7 Å². The normalized spacial score (nSPS) is 10.7. The number of carbonyl (C=O) groups excluding carboxylic acids is 1. The molecule has 1 rings (SSSR count). The third-order valence-corrected chi connectivity index (χ3v) is 3.33. The van der Waals surface area contributed by atoms with E-state index >= 15 is 0 Å². The molecule has 0 radical (unpaired) electrons. The Morgan fingerprint density at radius 2 is 2.29 bits per heavy atom. The number of halogens is 4. The lowest BCUT2D eigenvalue weighted by Gasteiger charge is -2.12. The summed E-state index contributed by atoms with van der Waals surface area (Å²) in [5, 5.41) is 0.163. The lowest BCUT2D eigenvalue weighted by atomic mass is 10.1. The standard InChI is InChI=1S/C10H9BrF2INO2/c1-2-17-10(16)7-5(14)4-15-6(3-11)8(7)9(12)13/h4,9H,2-3H2,1H3. The maximum Gasteiger partial charge on any atom is 0.339 e. The highest BCUT2D eigenvalue weighted by Crippen LogP contribution is 2.30. The minimum Gasteiger partial charge on any atom is -0.462 e. The topological polar surface area (TPSA) is 39.2 Å². The highest BCUT2D eigenvalue weighted by molar-refractivity contribution is 14.1. The van der Waals surface area contributed by atoms with Crippen molar-refractivity contribution in [1.82, 2.24) is 4.98 Å². The molecule has 94 valence electrons. The Bertz CT molecular complexity index is 429. The van der Waals surface area contributed by atoms with Gasteiger partial charge in [-0.3, -0.25) is 4.98 Å². The van der Waals surface area contributed by atoms with Crippen LogP contribution in [-0.2, 0) is 10.1 Å². The van der Waals surface area contributed by atoms with E-state index in [1.165, 1.54) is 6.20 Å². The van der Waals surface area contributed by atoms with Gasteiger partial charge < -0.3 is 4.74 Å². The van der Waals surface area contributed by atoms with Crippen LogP contribution in [-0.4, -0.2) is 17.6 Å². The summed E-state index contributed by atoms with van der Waals surface area (Å²) in [6, 6.07) is 0. The Labute approximate surface area is 119 Å². The summed E-state index contributed by atoms with van der Waals surface area (Å²) in [6.07, 6.45) is -1.38. The second kappa shape index (κ2) is 6.58. The number of alkyl halides is 3. The van der Waals surface area contributed by atoms with E-state index in [2.05, 4.69) is 20.9 Å². The summed E-state index contributed by atoms with van der Waals surface area (Å²) < 4.78 is 31.1. The van der Waals surface area contributed by atoms with Crippen LogP contribution in [0.4, 0.5) is 8.78 Å². The number of carbonyl (C=O) groups is 1. The molecule has 0 aliphatic carbocycles. The molecule has 1 heterocycles. The third kappa shape index (κ3) is 3.34. The quantitative estimate of drug-likeness (QED) is 0.424. The van der Waals surface area contributed by atoms with Crippen molar-refractivity contribution in [1.29, 1.82) is 0 Å². The number of hydrogen-bond acceptors (Lipinski definition) is 3. The fourth-order valence-corrected chi connectivity index (χ4v) is 2.39. The average Bonchev–Trinajstić information content (AvgIpc) is 2.28. The Hall–Kier alpha value is -0.310. The van der Waals surface area contributed by atoms with Gasteiger partial charge in [-0.1, -0.05) is 15.9 Å². The van der Waals surface area contributed by atoms with Gasteiger partial charge in [-0.25, -0.2) is 13.6 Å². The van der Waals surface area contributed by atoms with E-state index in [0.29, 0.717) is 3.57 Å². The van der Waals surface area contributed by atoms with Crippen LogP contribution >= 0.6 is 38.5 Å². The zero-order valence-corrected chi connectivity index (χ0v) is 12.6. The van der Waals surface area contributed by atoms with Gasteiger partial charge in [0.2, 0.25) is 0 Å². The fourth-order valence-electron chi connectivity index (χ4n) is 1.29. The number of pyridine rings is 1. The van der Waals surface area contributed by atoms with Crippen LogP contribution in [0.2, 0.25) is 0 Å². The van der Waals surface area contributed by atoms with Crippen molar-refractivity contribution in [3.05, 3.63) is 26.6 Å². The molecular formula is C10H9BrF2INO2. The van der Waals surface area contributed by atoms with Crippen LogP contribution in [0.5, 0.6) is 0 Å². The molecule has 0 aliphatic heterocycles. The molecule has 0 aromatic carbocycles. The molecule has 0 saturated carbocycles. The molecule has 0 aliphatic rings. The molecule has 0 unspecified atom stereocenters.